The molecule has 0 atom stereocenters. The van der Waals surface area contributed by atoms with Crippen LogP contribution in [0.2, 0.25) is 0 Å². The van der Waals surface area contributed by atoms with Gasteiger partial charge in [0.2, 0.25) is 5.78 Å². The number of ketones is 1. The molecular formula is C4H3NO3. The molecule has 0 N–H and O–H groups in total. The molecule has 0 saturated carbocycles. The lowest BCUT2D eigenvalue weighted by molar-refractivity contribution is -0.115. The largest absolute Gasteiger partial charge is 0.387 e. The summed E-state index contributed by atoms with van der Waals surface area (Å²) in [7, 11) is 0. The third kappa shape index (κ3) is 0.598. The van der Waals surface area contributed by atoms with Crippen molar-refractivity contribution in [2.24, 2.45) is 5.16 Å². The zero-order chi connectivity index (χ0) is 5.98. The minimum Gasteiger partial charge on any atom is -0.387 e. The van der Waals surface area contributed by atoms with Crippen molar-refractivity contribution in [2.45, 2.75) is 0 Å². The van der Waals surface area contributed by atoms with Gasteiger partial charge in [0.1, 0.15) is 0 Å². The van der Waals surface area contributed by atoms with Crippen molar-refractivity contribution in [3.63, 3.8) is 0 Å². The average molecular weight is 113 g/mol. The molecule has 1 aliphatic rings. The summed E-state index contributed by atoms with van der Waals surface area (Å²) in [6.45, 7) is -0.0892. The van der Waals surface area contributed by atoms with Gasteiger partial charge in [-0.25, -0.2) is 0 Å². The summed E-state index contributed by atoms with van der Waals surface area (Å²) in [6, 6.07) is 0. The SMILES string of the molecule is O=CC1=NOCC1=O. The summed E-state index contributed by atoms with van der Waals surface area (Å²) < 4.78 is 0. The van der Waals surface area contributed by atoms with Gasteiger partial charge in [0.15, 0.2) is 18.6 Å². The molecule has 1 rings (SSSR count). The van der Waals surface area contributed by atoms with Gasteiger partial charge >= 0.3 is 0 Å². The van der Waals surface area contributed by atoms with Gasteiger partial charge in [0, 0.05) is 0 Å². The predicted molar refractivity (Wildman–Crippen MR) is 24.5 cm³/mol. The molecule has 0 saturated heterocycles. The van der Waals surface area contributed by atoms with E-state index in [0.29, 0.717) is 6.29 Å². The van der Waals surface area contributed by atoms with E-state index in [0.717, 1.165) is 0 Å². The van der Waals surface area contributed by atoms with E-state index in [4.69, 9.17) is 0 Å². The molecule has 0 radical (unpaired) electrons. The van der Waals surface area contributed by atoms with Crippen LogP contribution in [0.3, 0.4) is 0 Å². The third-order valence-corrected chi connectivity index (χ3v) is 0.756. The van der Waals surface area contributed by atoms with E-state index in [2.05, 4.69) is 9.99 Å². The molecule has 0 spiro atoms. The van der Waals surface area contributed by atoms with Gasteiger partial charge in [0.05, 0.1) is 0 Å². The van der Waals surface area contributed by atoms with Crippen LogP contribution in [0.25, 0.3) is 0 Å². The molecule has 8 heavy (non-hydrogen) atoms. The molecule has 1 heterocycles. The fraction of sp³-hybridized carbons (Fsp3) is 0.250. The van der Waals surface area contributed by atoms with E-state index in [1.165, 1.54) is 0 Å². The quantitative estimate of drug-likeness (QED) is 0.416. The second-order valence-electron chi connectivity index (χ2n) is 1.29. The highest BCUT2D eigenvalue weighted by Crippen LogP contribution is 1.91. The van der Waals surface area contributed by atoms with Crippen molar-refractivity contribution in [1.29, 1.82) is 0 Å². The van der Waals surface area contributed by atoms with E-state index in [9.17, 15) is 9.59 Å². The van der Waals surface area contributed by atoms with Crippen molar-refractivity contribution in [3.05, 3.63) is 0 Å². The summed E-state index contributed by atoms with van der Waals surface area (Å²) in [5.74, 6) is -0.347. The van der Waals surface area contributed by atoms with Crippen molar-refractivity contribution < 1.29 is 14.4 Å². The van der Waals surface area contributed by atoms with Crippen LogP contribution in [0.15, 0.2) is 5.16 Å². The zero-order valence-corrected chi connectivity index (χ0v) is 3.96. The Morgan fingerprint density at radius 2 is 2.50 bits per heavy atom. The van der Waals surface area contributed by atoms with E-state index < -0.39 is 0 Å². The Morgan fingerprint density at radius 3 is 2.75 bits per heavy atom. The Hall–Kier alpha value is -1.19. The van der Waals surface area contributed by atoms with Crippen molar-refractivity contribution in [1.82, 2.24) is 0 Å². The second-order valence-corrected chi connectivity index (χ2v) is 1.29. The molecule has 0 unspecified atom stereocenters. The first-order valence-electron chi connectivity index (χ1n) is 2.03. The Balaban J connectivity index is 2.76. The van der Waals surface area contributed by atoms with Gasteiger partial charge in [-0.2, -0.15) is 0 Å². The minimum atomic E-state index is -0.347. The average Bonchev–Trinajstić information content (AvgIpc) is 2.14. The number of oxime groups is 1. The van der Waals surface area contributed by atoms with Crippen LogP contribution in [0.5, 0.6) is 0 Å². The molecule has 4 nitrogen and oxygen atoms in total. The Bertz CT molecular complexity index is 161. The van der Waals surface area contributed by atoms with Gasteiger partial charge in [-0.15, -0.1) is 0 Å². The molecule has 0 aromatic rings. The van der Waals surface area contributed by atoms with Crippen LogP contribution in [0.1, 0.15) is 0 Å². The highest BCUT2D eigenvalue weighted by Gasteiger charge is 2.17. The van der Waals surface area contributed by atoms with Crippen molar-refractivity contribution in [3.8, 4) is 0 Å². The van der Waals surface area contributed by atoms with Gasteiger partial charge in [-0.05, 0) is 0 Å². The molecule has 0 aromatic carbocycles. The fourth-order valence-corrected chi connectivity index (χ4v) is 0.373. The molecule has 0 fully saturated rings. The lowest BCUT2D eigenvalue weighted by atomic mass is 10.3. The van der Waals surface area contributed by atoms with Crippen LogP contribution >= 0.6 is 0 Å². The van der Waals surface area contributed by atoms with Crippen LogP contribution in [0.4, 0.5) is 0 Å². The second kappa shape index (κ2) is 1.73. The Morgan fingerprint density at radius 1 is 1.75 bits per heavy atom. The fourth-order valence-electron chi connectivity index (χ4n) is 0.373. The Kier molecular flexibility index (Phi) is 1.07. The molecule has 0 aromatic heterocycles. The monoisotopic (exact) mass is 113 g/mol. The van der Waals surface area contributed by atoms with Gasteiger partial charge in [0.25, 0.3) is 0 Å². The number of hydrogen-bond donors (Lipinski definition) is 0. The number of Topliss-reactive ketones (excluding diaryl/α,β-unsaturated/α-hetero) is 1. The summed E-state index contributed by atoms with van der Waals surface area (Å²) in [6.07, 6.45) is 0.384. The lowest BCUT2D eigenvalue weighted by Crippen LogP contribution is -2.11. The standard InChI is InChI=1S/C4H3NO3/c6-1-3-4(7)2-8-5-3/h1H,2H2. The van der Waals surface area contributed by atoms with Crippen LogP contribution in [-0.4, -0.2) is 24.4 Å². The molecule has 4 heteroatoms. The first kappa shape index (κ1) is 4.96. The number of carbonyl (C=O) groups is 2. The molecule has 0 amide bonds. The minimum absolute atomic E-state index is 0.0892. The number of aldehydes is 1. The van der Waals surface area contributed by atoms with Crippen LogP contribution in [0, 0.1) is 0 Å². The highest BCUT2D eigenvalue weighted by molar-refractivity contribution is 6.61. The normalized spacial score (nSPS) is 17.5. The lowest BCUT2D eigenvalue weighted by Gasteiger charge is -1.75. The van der Waals surface area contributed by atoms with E-state index in [1.54, 1.807) is 0 Å². The predicted octanol–water partition coefficient (Wildman–Crippen LogP) is -0.859. The first-order chi connectivity index (χ1) is 3.84. The van der Waals surface area contributed by atoms with E-state index >= 15 is 0 Å². The third-order valence-electron chi connectivity index (χ3n) is 0.756. The molecular weight excluding hydrogens is 110 g/mol. The van der Waals surface area contributed by atoms with Crippen LogP contribution in [-0.2, 0) is 14.4 Å². The Labute approximate surface area is 45.1 Å². The molecule has 42 valence electrons. The first-order valence-corrected chi connectivity index (χ1v) is 2.03. The maximum absolute atomic E-state index is 10.3. The number of rotatable bonds is 1. The van der Waals surface area contributed by atoms with Gasteiger partial charge < -0.3 is 4.84 Å². The van der Waals surface area contributed by atoms with Gasteiger partial charge in [-0.1, -0.05) is 5.16 Å². The number of hydrogen-bond acceptors (Lipinski definition) is 4. The topological polar surface area (TPSA) is 55.7 Å². The molecule has 0 bridgehead atoms. The van der Waals surface area contributed by atoms with Gasteiger partial charge in [-0.3, -0.25) is 9.59 Å². The van der Waals surface area contributed by atoms with Crippen LogP contribution < -0.4 is 0 Å². The number of carbonyl (C=O) groups excluding carboxylic acids is 2. The maximum Gasteiger partial charge on any atom is 0.228 e. The summed E-state index contributed by atoms with van der Waals surface area (Å²) in [4.78, 5) is 24.4. The zero-order valence-electron chi connectivity index (χ0n) is 3.96. The summed E-state index contributed by atoms with van der Waals surface area (Å²) >= 11 is 0. The van der Waals surface area contributed by atoms with Crippen molar-refractivity contribution >= 4 is 17.8 Å². The van der Waals surface area contributed by atoms with E-state index in [-0.39, 0.29) is 18.1 Å². The number of nitrogens with zero attached hydrogens (tertiary/aromatic N) is 1. The summed E-state index contributed by atoms with van der Waals surface area (Å²) in [5.41, 5.74) is -0.120. The van der Waals surface area contributed by atoms with E-state index in [1.807, 2.05) is 0 Å². The molecule has 0 aliphatic carbocycles. The maximum atomic E-state index is 10.3. The smallest absolute Gasteiger partial charge is 0.228 e. The summed E-state index contributed by atoms with van der Waals surface area (Å²) in [5, 5.41) is 3.13. The molecule has 1 aliphatic heterocycles. The highest BCUT2D eigenvalue weighted by atomic mass is 16.6. The van der Waals surface area contributed by atoms with Crippen molar-refractivity contribution in [2.75, 3.05) is 6.61 Å².